The Labute approximate surface area is 79.2 Å². The fourth-order valence-electron chi connectivity index (χ4n) is 1.51. The molecule has 1 rings (SSSR count). The monoisotopic (exact) mass is 186 g/mol. The Morgan fingerprint density at radius 2 is 2.15 bits per heavy atom. The molecule has 4 nitrogen and oxygen atoms in total. The molecule has 0 aromatic heterocycles. The van der Waals surface area contributed by atoms with Gasteiger partial charge in [0, 0.05) is 26.1 Å². The molecule has 0 aliphatic carbocycles. The van der Waals surface area contributed by atoms with E-state index >= 15 is 0 Å². The van der Waals surface area contributed by atoms with Crippen molar-refractivity contribution in [2.75, 3.05) is 19.7 Å². The summed E-state index contributed by atoms with van der Waals surface area (Å²) in [6, 6.07) is 0.413. The lowest BCUT2D eigenvalue weighted by atomic mass is 10.1. The van der Waals surface area contributed by atoms with Crippen molar-refractivity contribution in [1.82, 2.24) is 10.4 Å². The van der Waals surface area contributed by atoms with E-state index in [1.807, 2.05) is 11.8 Å². The summed E-state index contributed by atoms with van der Waals surface area (Å²) in [4.78, 5) is 18.0. The highest BCUT2D eigenvalue weighted by molar-refractivity contribution is 5.73. The first-order valence-corrected chi connectivity index (χ1v) is 4.87. The van der Waals surface area contributed by atoms with Gasteiger partial charge in [-0.25, -0.2) is 0 Å². The molecule has 1 saturated heterocycles. The highest BCUT2D eigenvalue weighted by Gasteiger charge is 2.20. The number of hydroxylamine groups is 1. The van der Waals surface area contributed by atoms with E-state index in [1.54, 1.807) is 6.92 Å². The van der Waals surface area contributed by atoms with Crippen LogP contribution >= 0.6 is 0 Å². The molecule has 1 fully saturated rings. The fourth-order valence-corrected chi connectivity index (χ4v) is 1.51. The van der Waals surface area contributed by atoms with E-state index in [0.717, 1.165) is 25.9 Å². The molecular formula is C9H18N2O2. The Bertz CT molecular complexity index is 165. The third kappa shape index (κ3) is 3.32. The molecule has 13 heavy (non-hydrogen) atoms. The molecule has 0 radical (unpaired) electrons. The SMILES string of the molecule is CCONC1CCN(C(C)=O)CC1. The first kappa shape index (κ1) is 10.5. The minimum absolute atomic E-state index is 0.176. The molecule has 0 atom stereocenters. The molecule has 0 aromatic rings. The van der Waals surface area contributed by atoms with E-state index in [1.165, 1.54) is 0 Å². The molecule has 1 N–H and O–H groups in total. The standard InChI is InChI=1S/C9H18N2O2/c1-3-13-10-9-4-6-11(7-5-9)8(2)12/h9-10H,3-7H2,1-2H3. The van der Waals surface area contributed by atoms with Crippen LogP contribution in [0.4, 0.5) is 0 Å². The summed E-state index contributed by atoms with van der Waals surface area (Å²) in [6.45, 7) is 5.96. The number of carbonyl (C=O) groups is 1. The summed E-state index contributed by atoms with van der Waals surface area (Å²) in [5.41, 5.74) is 2.99. The van der Waals surface area contributed by atoms with E-state index in [-0.39, 0.29) is 5.91 Å². The van der Waals surface area contributed by atoms with Crippen LogP contribution in [-0.2, 0) is 9.63 Å². The molecular weight excluding hydrogens is 168 g/mol. The van der Waals surface area contributed by atoms with Gasteiger partial charge in [-0.3, -0.25) is 4.79 Å². The molecule has 0 saturated carbocycles. The Morgan fingerprint density at radius 1 is 1.54 bits per heavy atom. The molecule has 76 valence electrons. The molecule has 1 aliphatic heterocycles. The van der Waals surface area contributed by atoms with Gasteiger partial charge in [0.15, 0.2) is 0 Å². The molecule has 1 aliphatic rings. The van der Waals surface area contributed by atoms with Gasteiger partial charge in [-0.05, 0) is 19.8 Å². The van der Waals surface area contributed by atoms with Gasteiger partial charge in [-0.15, -0.1) is 0 Å². The van der Waals surface area contributed by atoms with Crippen molar-refractivity contribution in [2.24, 2.45) is 0 Å². The zero-order valence-corrected chi connectivity index (χ0v) is 8.38. The number of piperidine rings is 1. The second-order valence-electron chi connectivity index (χ2n) is 3.33. The summed E-state index contributed by atoms with van der Waals surface area (Å²) in [7, 11) is 0. The van der Waals surface area contributed by atoms with Gasteiger partial charge in [0.05, 0.1) is 6.61 Å². The van der Waals surface area contributed by atoms with Crippen LogP contribution in [0.25, 0.3) is 0 Å². The number of hydrogen-bond donors (Lipinski definition) is 1. The third-order valence-electron chi connectivity index (χ3n) is 2.33. The van der Waals surface area contributed by atoms with E-state index in [0.29, 0.717) is 12.6 Å². The number of nitrogens with one attached hydrogen (secondary N) is 1. The van der Waals surface area contributed by atoms with Gasteiger partial charge in [0.1, 0.15) is 0 Å². The summed E-state index contributed by atoms with van der Waals surface area (Å²) >= 11 is 0. The Hall–Kier alpha value is -0.610. The van der Waals surface area contributed by atoms with Gasteiger partial charge >= 0.3 is 0 Å². The lowest BCUT2D eigenvalue weighted by Gasteiger charge is -2.31. The Kier molecular flexibility index (Phi) is 4.18. The van der Waals surface area contributed by atoms with E-state index in [9.17, 15) is 4.79 Å². The largest absolute Gasteiger partial charge is 0.343 e. The van der Waals surface area contributed by atoms with Crippen LogP contribution in [0.3, 0.4) is 0 Å². The highest BCUT2D eigenvalue weighted by atomic mass is 16.6. The predicted octanol–water partition coefficient (Wildman–Crippen LogP) is 0.538. The van der Waals surface area contributed by atoms with Crippen molar-refractivity contribution >= 4 is 5.91 Å². The van der Waals surface area contributed by atoms with Crippen molar-refractivity contribution in [2.45, 2.75) is 32.7 Å². The molecule has 1 amide bonds. The quantitative estimate of drug-likeness (QED) is 0.654. The van der Waals surface area contributed by atoms with Crippen LogP contribution in [0, 0.1) is 0 Å². The average molecular weight is 186 g/mol. The van der Waals surface area contributed by atoms with Crippen LogP contribution in [0.1, 0.15) is 26.7 Å². The number of amides is 1. The van der Waals surface area contributed by atoms with Crippen molar-refractivity contribution in [3.05, 3.63) is 0 Å². The summed E-state index contributed by atoms with van der Waals surface area (Å²) in [6.07, 6.45) is 1.97. The maximum Gasteiger partial charge on any atom is 0.219 e. The van der Waals surface area contributed by atoms with Gasteiger partial charge in [-0.1, -0.05) is 0 Å². The molecule has 0 bridgehead atoms. The fraction of sp³-hybridized carbons (Fsp3) is 0.889. The van der Waals surface area contributed by atoms with Crippen molar-refractivity contribution < 1.29 is 9.63 Å². The topological polar surface area (TPSA) is 41.6 Å². The number of carbonyl (C=O) groups excluding carboxylic acids is 1. The maximum absolute atomic E-state index is 11.0. The number of rotatable bonds is 3. The minimum Gasteiger partial charge on any atom is -0.343 e. The molecule has 0 unspecified atom stereocenters. The Morgan fingerprint density at radius 3 is 2.62 bits per heavy atom. The molecule has 1 heterocycles. The third-order valence-corrected chi connectivity index (χ3v) is 2.33. The highest BCUT2D eigenvalue weighted by Crippen LogP contribution is 2.09. The summed E-state index contributed by atoms with van der Waals surface area (Å²) in [5, 5.41) is 0. The molecule has 4 heteroatoms. The first-order chi connectivity index (χ1) is 6.24. The zero-order chi connectivity index (χ0) is 9.68. The van der Waals surface area contributed by atoms with E-state index < -0.39 is 0 Å². The van der Waals surface area contributed by atoms with E-state index in [4.69, 9.17) is 4.84 Å². The van der Waals surface area contributed by atoms with Gasteiger partial charge in [-0.2, -0.15) is 5.48 Å². The van der Waals surface area contributed by atoms with Crippen molar-refractivity contribution in [3.63, 3.8) is 0 Å². The second-order valence-corrected chi connectivity index (χ2v) is 3.33. The summed E-state index contributed by atoms with van der Waals surface area (Å²) < 4.78 is 0. The van der Waals surface area contributed by atoms with Gasteiger partial charge < -0.3 is 9.74 Å². The first-order valence-electron chi connectivity index (χ1n) is 4.87. The molecule has 0 spiro atoms. The number of likely N-dealkylation sites (tertiary alicyclic amines) is 1. The lowest BCUT2D eigenvalue weighted by Crippen LogP contribution is -2.44. The second kappa shape index (κ2) is 5.19. The van der Waals surface area contributed by atoms with Crippen LogP contribution < -0.4 is 5.48 Å². The maximum atomic E-state index is 11.0. The predicted molar refractivity (Wildman–Crippen MR) is 50.0 cm³/mol. The number of hydrogen-bond acceptors (Lipinski definition) is 3. The smallest absolute Gasteiger partial charge is 0.219 e. The molecule has 0 aromatic carbocycles. The van der Waals surface area contributed by atoms with Crippen molar-refractivity contribution in [1.29, 1.82) is 0 Å². The van der Waals surface area contributed by atoms with E-state index in [2.05, 4.69) is 5.48 Å². The average Bonchev–Trinajstić information content (AvgIpc) is 2.15. The van der Waals surface area contributed by atoms with Crippen LogP contribution in [-0.4, -0.2) is 36.5 Å². The van der Waals surface area contributed by atoms with Crippen molar-refractivity contribution in [3.8, 4) is 0 Å². The number of nitrogens with zero attached hydrogens (tertiary/aromatic N) is 1. The lowest BCUT2D eigenvalue weighted by molar-refractivity contribution is -0.130. The van der Waals surface area contributed by atoms with Crippen LogP contribution in [0.2, 0.25) is 0 Å². The summed E-state index contributed by atoms with van der Waals surface area (Å²) in [5.74, 6) is 0.176. The minimum atomic E-state index is 0.176. The van der Waals surface area contributed by atoms with Crippen LogP contribution in [0.5, 0.6) is 0 Å². The zero-order valence-electron chi connectivity index (χ0n) is 8.38. The normalized spacial score (nSPS) is 19.1. The van der Waals surface area contributed by atoms with Gasteiger partial charge in [0.2, 0.25) is 5.91 Å². The van der Waals surface area contributed by atoms with Crippen LogP contribution in [0.15, 0.2) is 0 Å². The Balaban J connectivity index is 2.18. The van der Waals surface area contributed by atoms with Gasteiger partial charge in [0.25, 0.3) is 0 Å².